The van der Waals surface area contributed by atoms with Crippen LogP contribution in [0.4, 0.5) is 5.82 Å². The van der Waals surface area contributed by atoms with Crippen LogP contribution in [0.3, 0.4) is 0 Å². The summed E-state index contributed by atoms with van der Waals surface area (Å²) in [6, 6.07) is 3.61. The van der Waals surface area contributed by atoms with Gasteiger partial charge in [0.05, 0.1) is 16.6 Å². The number of carbonyl (C=O) groups excluding carboxylic acids is 1. The summed E-state index contributed by atoms with van der Waals surface area (Å²) in [5.41, 5.74) is 5.89. The van der Waals surface area contributed by atoms with E-state index in [1.54, 1.807) is 13.1 Å². The van der Waals surface area contributed by atoms with E-state index in [1.165, 1.54) is 22.2 Å². The van der Waals surface area contributed by atoms with Crippen molar-refractivity contribution < 1.29 is 10.0 Å². The van der Waals surface area contributed by atoms with Crippen LogP contribution in [0, 0.1) is 6.92 Å². The average molecular weight is 279 g/mol. The van der Waals surface area contributed by atoms with Gasteiger partial charge in [0.2, 0.25) is 0 Å². The smallest absolute Gasteiger partial charge is 0.266 e. The van der Waals surface area contributed by atoms with Crippen molar-refractivity contribution in [3.8, 4) is 0 Å². The Kier molecular flexibility index (Phi) is 3.52. The Morgan fingerprint density at radius 3 is 2.89 bits per heavy atom. The quantitative estimate of drug-likeness (QED) is 0.339. The van der Waals surface area contributed by atoms with Gasteiger partial charge in [-0.15, -0.1) is 11.3 Å². The molecule has 0 aliphatic heterocycles. The molecule has 0 bridgehead atoms. The van der Waals surface area contributed by atoms with Crippen molar-refractivity contribution in [2.24, 2.45) is 17.9 Å². The largest absolute Gasteiger partial charge is 0.409 e. The molecule has 100 valence electrons. The van der Waals surface area contributed by atoms with E-state index in [4.69, 9.17) is 10.9 Å². The zero-order chi connectivity index (χ0) is 14.0. The lowest BCUT2D eigenvalue weighted by molar-refractivity contribution is 0.102. The fraction of sp³-hybridized carbons (Fsp3) is 0.182. The topological polar surface area (TPSA) is 106 Å². The minimum absolute atomic E-state index is 0.106. The Morgan fingerprint density at radius 2 is 2.32 bits per heavy atom. The second-order valence-corrected chi connectivity index (χ2v) is 5.17. The number of nitrogens with zero attached hydrogens (tertiary/aromatic N) is 3. The Labute approximate surface area is 113 Å². The van der Waals surface area contributed by atoms with Crippen LogP contribution < -0.4 is 11.1 Å². The fourth-order valence-electron chi connectivity index (χ4n) is 1.55. The number of amides is 1. The fourth-order valence-corrected chi connectivity index (χ4v) is 2.32. The van der Waals surface area contributed by atoms with Gasteiger partial charge in [-0.25, -0.2) is 0 Å². The number of hydrogen-bond acceptors (Lipinski definition) is 5. The highest BCUT2D eigenvalue weighted by Gasteiger charge is 2.16. The summed E-state index contributed by atoms with van der Waals surface area (Å²) >= 11 is 1.39. The van der Waals surface area contributed by atoms with Crippen molar-refractivity contribution >= 4 is 28.9 Å². The highest BCUT2D eigenvalue weighted by Crippen LogP contribution is 2.19. The molecule has 0 aliphatic rings. The summed E-state index contributed by atoms with van der Waals surface area (Å²) in [5.74, 6) is 0.0193. The third-order valence-corrected chi connectivity index (χ3v) is 3.52. The van der Waals surface area contributed by atoms with E-state index < -0.39 is 0 Å². The summed E-state index contributed by atoms with van der Waals surface area (Å²) in [6.45, 7) is 1.92. The van der Waals surface area contributed by atoms with Crippen molar-refractivity contribution in [3.63, 3.8) is 0 Å². The summed E-state index contributed by atoms with van der Waals surface area (Å²) in [4.78, 5) is 13.7. The molecule has 4 N–H and O–H groups in total. The van der Waals surface area contributed by atoms with E-state index in [0.717, 1.165) is 4.88 Å². The lowest BCUT2D eigenvalue weighted by Gasteiger charge is -2.06. The highest BCUT2D eigenvalue weighted by atomic mass is 32.1. The van der Waals surface area contributed by atoms with E-state index in [1.807, 2.05) is 13.0 Å². The summed E-state index contributed by atoms with van der Waals surface area (Å²) in [6.07, 6.45) is 1.42. The number of rotatable bonds is 3. The molecule has 2 aromatic heterocycles. The minimum Gasteiger partial charge on any atom is -0.409 e. The SMILES string of the molecule is Cc1ccc(C(=O)Nc2c(C(N)=NO)cnn2C)s1. The molecule has 7 nitrogen and oxygen atoms in total. The maximum absolute atomic E-state index is 12.1. The molecule has 0 fully saturated rings. The van der Waals surface area contributed by atoms with Gasteiger partial charge in [-0.1, -0.05) is 5.16 Å². The van der Waals surface area contributed by atoms with Crippen LogP contribution >= 0.6 is 11.3 Å². The highest BCUT2D eigenvalue weighted by molar-refractivity contribution is 7.14. The Morgan fingerprint density at radius 1 is 1.58 bits per heavy atom. The van der Waals surface area contributed by atoms with Gasteiger partial charge in [0.1, 0.15) is 5.82 Å². The van der Waals surface area contributed by atoms with Crippen LogP contribution in [0.1, 0.15) is 20.1 Å². The number of nitrogens with two attached hydrogens (primary N) is 1. The van der Waals surface area contributed by atoms with Crippen molar-refractivity contribution in [1.82, 2.24) is 9.78 Å². The Balaban J connectivity index is 2.29. The molecular formula is C11H13N5O2S. The van der Waals surface area contributed by atoms with Crippen molar-refractivity contribution in [3.05, 3.63) is 33.6 Å². The standard InChI is InChI=1S/C11H13N5O2S/c1-6-3-4-8(19-6)11(17)14-10-7(9(12)15-18)5-13-16(10)2/h3-5,18H,1-2H3,(H2,12,15)(H,14,17). The lowest BCUT2D eigenvalue weighted by Crippen LogP contribution is -2.19. The van der Waals surface area contributed by atoms with Crippen LogP contribution in [0.5, 0.6) is 0 Å². The zero-order valence-corrected chi connectivity index (χ0v) is 11.2. The molecule has 0 unspecified atom stereocenters. The van der Waals surface area contributed by atoms with E-state index in [-0.39, 0.29) is 11.7 Å². The third-order valence-electron chi connectivity index (χ3n) is 2.52. The van der Waals surface area contributed by atoms with Gasteiger partial charge in [-0.3, -0.25) is 9.48 Å². The van der Waals surface area contributed by atoms with Crippen molar-refractivity contribution in [1.29, 1.82) is 0 Å². The first-order chi connectivity index (χ1) is 9.02. The molecule has 0 saturated carbocycles. The molecule has 0 aliphatic carbocycles. The number of carbonyl (C=O) groups is 1. The van der Waals surface area contributed by atoms with E-state index >= 15 is 0 Å². The third kappa shape index (κ3) is 2.58. The molecule has 1 amide bonds. The van der Waals surface area contributed by atoms with E-state index in [0.29, 0.717) is 16.3 Å². The lowest BCUT2D eigenvalue weighted by atomic mass is 10.3. The van der Waals surface area contributed by atoms with Crippen LogP contribution in [0.25, 0.3) is 0 Å². The molecule has 8 heteroatoms. The first kappa shape index (κ1) is 13.1. The molecule has 0 saturated heterocycles. The summed E-state index contributed by atoms with van der Waals surface area (Å²) in [5, 5.41) is 18.3. The van der Waals surface area contributed by atoms with Gasteiger partial charge in [0.15, 0.2) is 5.84 Å². The average Bonchev–Trinajstić information content (AvgIpc) is 2.96. The molecule has 2 rings (SSSR count). The Bertz CT molecular complexity index is 643. The maximum atomic E-state index is 12.1. The molecule has 0 radical (unpaired) electrons. The minimum atomic E-state index is -0.256. The monoisotopic (exact) mass is 279 g/mol. The van der Waals surface area contributed by atoms with E-state index in [2.05, 4.69) is 15.6 Å². The van der Waals surface area contributed by atoms with E-state index in [9.17, 15) is 4.79 Å². The van der Waals surface area contributed by atoms with Crippen LogP contribution in [-0.2, 0) is 7.05 Å². The Hall–Kier alpha value is -2.35. The number of aromatic nitrogens is 2. The first-order valence-electron chi connectivity index (χ1n) is 5.40. The van der Waals surface area contributed by atoms with Crippen LogP contribution in [-0.4, -0.2) is 26.7 Å². The number of amidine groups is 1. The van der Waals surface area contributed by atoms with Gasteiger partial charge < -0.3 is 16.3 Å². The zero-order valence-electron chi connectivity index (χ0n) is 10.4. The van der Waals surface area contributed by atoms with Gasteiger partial charge in [0, 0.05) is 11.9 Å². The van der Waals surface area contributed by atoms with Gasteiger partial charge in [-0.2, -0.15) is 5.10 Å². The molecule has 2 heterocycles. The van der Waals surface area contributed by atoms with Gasteiger partial charge >= 0.3 is 0 Å². The molecule has 0 aromatic carbocycles. The molecule has 0 atom stereocenters. The van der Waals surface area contributed by atoms with Crippen LogP contribution in [0.2, 0.25) is 0 Å². The molecule has 0 spiro atoms. The predicted octanol–water partition coefficient (Wildman–Crippen LogP) is 1.14. The number of aryl methyl sites for hydroxylation is 2. The number of nitrogens with one attached hydrogen (secondary N) is 1. The summed E-state index contributed by atoms with van der Waals surface area (Å²) in [7, 11) is 1.66. The number of anilines is 1. The number of oxime groups is 1. The predicted molar refractivity (Wildman–Crippen MR) is 72.7 cm³/mol. The van der Waals surface area contributed by atoms with Crippen molar-refractivity contribution in [2.45, 2.75) is 6.92 Å². The first-order valence-corrected chi connectivity index (χ1v) is 6.22. The second-order valence-electron chi connectivity index (χ2n) is 3.88. The van der Waals surface area contributed by atoms with Crippen molar-refractivity contribution in [2.75, 3.05) is 5.32 Å². The van der Waals surface area contributed by atoms with Crippen LogP contribution in [0.15, 0.2) is 23.5 Å². The molecular weight excluding hydrogens is 266 g/mol. The molecule has 19 heavy (non-hydrogen) atoms. The number of thiophene rings is 1. The summed E-state index contributed by atoms with van der Waals surface area (Å²) < 4.78 is 1.45. The normalized spacial score (nSPS) is 11.6. The van der Waals surface area contributed by atoms with Gasteiger partial charge in [0.25, 0.3) is 5.91 Å². The maximum Gasteiger partial charge on any atom is 0.266 e. The molecule has 2 aromatic rings. The van der Waals surface area contributed by atoms with Gasteiger partial charge in [-0.05, 0) is 19.1 Å². The second kappa shape index (κ2) is 5.11. The number of hydrogen-bond donors (Lipinski definition) is 3.